The van der Waals surface area contributed by atoms with Crippen molar-refractivity contribution in [3.8, 4) is 5.75 Å². The Morgan fingerprint density at radius 1 is 1.12 bits per heavy atom. The number of hydrogen-bond acceptors (Lipinski definition) is 4. The zero-order valence-electron chi connectivity index (χ0n) is 14.6. The standard InChI is InChI=1S/C18H24F3N3O2/c19-18(20,21)15-4-3-14(12-23-9-5-22-6-10-23)16(11-15)26-13-17(25)24-7-1-2-8-24/h3-4,11,22H,1-2,5-10,12-13H2. The van der Waals surface area contributed by atoms with Crippen LogP contribution in [0.3, 0.4) is 0 Å². The molecule has 144 valence electrons. The Balaban J connectivity index is 1.73. The first-order valence-corrected chi connectivity index (χ1v) is 8.97. The van der Waals surface area contributed by atoms with Crippen LogP contribution < -0.4 is 10.1 Å². The van der Waals surface area contributed by atoms with Gasteiger partial charge in [0.1, 0.15) is 5.75 Å². The number of nitrogens with zero attached hydrogens (tertiary/aromatic N) is 2. The zero-order chi connectivity index (χ0) is 18.6. The van der Waals surface area contributed by atoms with Crippen molar-refractivity contribution in [2.24, 2.45) is 0 Å². The molecule has 2 heterocycles. The van der Waals surface area contributed by atoms with Crippen LogP contribution >= 0.6 is 0 Å². The van der Waals surface area contributed by atoms with E-state index in [0.29, 0.717) is 25.2 Å². The number of alkyl halides is 3. The molecule has 5 nitrogen and oxygen atoms in total. The molecule has 0 aromatic heterocycles. The third kappa shape index (κ3) is 4.88. The third-order valence-electron chi connectivity index (χ3n) is 4.81. The second kappa shape index (κ2) is 8.26. The highest BCUT2D eigenvalue weighted by atomic mass is 19.4. The van der Waals surface area contributed by atoms with Gasteiger partial charge < -0.3 is 15.0 Å². The summed E-state index contributed by atoms with van der Waals surface area (Å²) in [6.07, 6.45) is -2.52. The van der Waals surface area contributed by atoms with Crippen molar-refractivity contribution in [1.82, 2.24) is 15.1 Å². The van der Waals surface area contributed by atoms with Crippen LogP contribution in [0.25, 0.3) is 0 Å². The normalized spacial score (nSPS) is 19.0. The van der Waals surface area contributed by atoms with E-state index in [1.54, 1.807) is 4.90 Å². The zero-order valence-corrected chi connectivity index (χ0v) is 14.6. The smallest absolute Gasteiger partial charge is 0.416 e. The van der Waals surface area contributed by atoms with E-state index in [1.165, 1.54) is 6.07 Å². The lowest BCUT2D eigenvalue weighted by molar-refractivity contribution is -0.137. The lowest BCUT2D eigenvalue weighted by Crippen LogP contribution is -2.43. The summed E-state index contributed by atoms with van der Waals surface area (Å²) < 4.78 is 44.7. The number of piperazine rings is 1. The Bertz CT molecular complexity index is 625. The minimum atomic E-state index is -4.44. The van der Waals surface area contributed by atoms with E-state index >= 15 is 0 Å². The van der Waals surface area contributed by atoms with Gasteiger partial charge >= 0.3 is 6.18 Å². The predicted molar refractivity (Wildman–Crippen MR) is 90.9 cm³/mol. The van der Waals surface area contributed by atoms with Crippen LogP contribution in [0.15, 0.2) is 18.2 Å². The Labute approximate surface area is 151 Å². The minimum Gasteiger partial charge on any atom is -0.483 e. The molecule has 1 N–H and O–H groups in total. The van der Waals surface area contributed by atoms with Gasteiger partial charge in [-0.05, 0) is 25.0 Å². The van der Waals surface area contributed by atoms with Crippen molar-refractivity contribution < 1.29 is 22.7 Å². The Kier molecular flexibility index (Phi) is 6.03. The maximum Gasteiger partial charge on any atom is 0.416 e. The van der Waals surface area contributed by atoms with Gasteiger partial charge in [0.2, 0.25) is 0 Å². The molecular formula is C18H24F3N3O2. The predicted octanol–water partition coefficient (Wildman–Crippen LogP) is 2.11. The number of nitrogens with one attached hydrogen (secondary N) is 1. The number of amides is 1. The van der Waals surface area contributed by atoms with E-state index in [1.807, 2.05) is 0 Å². The molecule has 1 amide bonds. The van der Waals surface area contributed by atoms with Gasteiger partial charge in [-0.25, -0.2) is 0 Å². The second-order valence-corrected chi connectivity index (χ2v) is 6.72. The molecule has 0 bridgehead atoms. The van der Waals surface area contributed by atoms with Gasteiger partial charge in [-0.3, -0.25) is 9.69 Å². The van der Waals surface area contributed by atoms with E-state index in [2.05, 4.69) is 10.2 Å². The van der Waals surface area contributed by atoms with Crippen LogP contribution in [0.2, 0.25) is 0 Å². The molecule has 2 fully saturated rings. The largest absolute Gasteiger partial charge is 0.483 e. The highest BCUT2D eigenvalue weighted by Gasteiger charge is 2.31. The number of rotatable bonds is 5. The van der Waals surface area contributed by atoms with Gasteiger partial charge in [0.05, 0.1) is 5.56 Å². The molecule has 2 aliphatic heterocycles. The Morgan fingerprint density at radius 3 is 2.46 bits per heavy atom. The molecule has 2 aliphatic rings. The third-order valence-corrected chi connectivity index (χ3v) is 4.81. The maximum absolute atomic E-state index is 13.1. The molecule has 3 rings (SSSR count). The molecule has 8 heteroatoms. The van der Waals surface area contributed by atoms with E-state index in [4.69, 9.17) is 4.74 Å². The fraction of sp³-hybridized carbons (Fsp3) is 0.611. The fourth-order valence-electron chi connectivity index (χ4n) is 3.30. The van der Waals surface area contributed by atoms with Crippen molar-refractivity contribution in [2.75, 3.05) is 45.9 Å². The van der Waals surface area contributed by atoms with Gasteiger partial charge in [-0.1, -0.05) is 6.07 Å². The van der Waals surface area contributed by atoms with E-state index < -0.39 is 11.7 Å². The Hall–Kier alpha value is -1.80. The molecule has 0 unspecified atom stereocenters. The van der Waals surface area contributed by atoms with Crippen LogP contribution in [0.1, 0.15) is 24.0 Å². The number of ether oxygens (including phenoxy) is 1. The van der Waals surface area contributed by atoms with Crippen LogP contribution in [0.5, 0.6) is 5.75 Å². The molecule has 0 saturated carbocycles. The molecule has 0 atom stereocenters. The molecule has 26 heavy (non-hydrogen) atoms. The average Bonchev–Trinajstić information content (AvgIpc) is 3.15. The second-order valence-electron chi connectivity index (χ2n) is 6.72. The minimum absolute atomic E-state index is 0.144. The quantitative estimate of drug-likeness (QED) is 0.861. The molecule has 2 saturated heterocycles. The van der Waals surface area contributed by atoms with Gasteiger partial charge in [-0.2, -0.15) is 13.2 Å². The molecule has 0 spiro atoms. The lowest BCUT2D eigenvalue weighted by Gasteiger charge is -2.28. The molecule has 1 aromatic rings. The number of carbonyl (C=O) groups is 1. The summed E-state index contributed by atoms with van der Waals surface area (Å²) in [6.45, 7) is 5.02. The van der Waals surface area contributed by atoms with Crippen molar-refractivity contribution in [3.05, 3.63) is 29.3 Å². The molecule has 0 radical (unpaired) electrons. The first kappa shape index (κ1) is 19.0. The summed E-state index contributed by atoms with van der Waals surface area (Å²) >= 11 is 0. The number of hydrogen-bond donors (Lipinski definition) is 1. The summed E-state index contributed by atoms with van der Waals surface area (Å²) in [7, 11) is 0. The van der Waals surface area contributed by atoms with Crippen molar-refractivity contribution in [3.63, 3.8) is 0 Å². The number of carbonyl (C=O) groups excluding carboxylic acids is 1. The highest BCUT2D eigenvalue weighted by Crippen LogP contribution is 2.33. The van der Waals surface area contributed by atoms with Gasteiger partial charge in [0.15, 0.2) is 6.61 Å². The van der Waals surface area contributed by atoms with Gasteiger partial charge in [-0.15, -0.1) is 0 Å². The SMILES string of the molecule is O=C(COc1cc(C(F)(F)F)ccc1CN1CCNCC1)N1CCCC1. The topological polar surface area (TPSA) is 44.8 Å². The molecule has 0 aliphatic carbocycles. The fourth-order valence-corrected chi connectivity index (χ4v) is 3.30. The summed E-state index contributed by atoms with van der Waals surface area (Å²) in [5, 5.41) is 3.24. The maximum atomic E-state index is 13.1. The first-order valence-electron chi connectivity index (χ1n) is 8.97. The van der Waals surface area contributed by atoms with Crippen LogP contribution in [0.4, 0.5) is 13.2 Å². The van der Waals surface area contributed by atoms with Gasteiger partial charge in [0.25, 0.3) is 5.91 Å². The summed E-state index contributed by atoms with van der Waals surface area (Å²) in [4.78, 5) is 16.0. The number of benzene rings is 1. The van der Waals surface area contributed by atoms with Crippen molar-refractivity contribution >= 4 is 5.91 Å². The summed E-state index contributed by atoms with van der Waals surface area (Å²) in [5.41, 5.74) is -0.0840. The van der Waals surface area contributed by atoms with Crippen molar-refractivity contribution in [2.45, 2.75) is 25.6 Å². The highest BCUT2D eigenvalue weighted by molar-refractivity contribution is 5.78. The summed E-state index contributed by atoms with van der Waals surface area (Å²) in [5.74, 6) is -0.0288. The lowest BCUT2D eigenvalue weighted by atomic mass is 10.1. The van der Waals surface area contributed by atoms with Crippen LogP contribution in [-0.4, -0.2) is 61.6 Å². The van der Waals surface area contributed by atoms with Crippen molar-refractivity contribution in [1.29, 1.82) is 0 Å². The monoisotopic (exact) mass is 371 g/mol. The molecule has 1 aromatic carbocycles. The first-order chi connectivity index (χ1) is 12.4. The average molecular weight is 371 g/mol. The number of halogens is 3. The molecular weight excluding hydrogens is 347 g/mol. The van der Waals surface area contributed by atoms with Crippen LogP contribution in [0, 0.1) is 0 Å². The summed E-state index contributed by atoms with van der Waals surface area (Å²) in [6, 6.07) is 3.54. The van der Waals surface area contributed by atoms with Crippen LogP contribution in [-0.2, 0) is 17.5 Å². The van der Waals surface area contributed by atoms with E-state index in [-0.39, 0.29) is 18.3 Å². The Morgan fingerprint density at radius 2 is 1.81 bits per heavy atom. The van der Waals surface area contributed by atoms with Gasteiger partial charge in [0, 0.05) is 51.4 Å². The number of likely N-dealkylation sites (tertiary alicyclic amines) is 1. The van der Waals surface area contributed by atoms with E-state index in [9.17, 15) is 18.0 Å². The van der Waals surface area contributed by atoms with E-state index in [0.717, 1.165) is 51.2 Å².